The van der Waals surface area contributed by atoms with Gasteiger partial charge in [-0.05, 0) is 23.6 Å². The third-order valence-corrected chi connectivity index (χ3v) is 2.54. The van der Waals surface area contributed by atoms with Crippen molar-refractivity contribution < 1.29 is 0 Å². The van der Waals surface area contributed by atoms with Crippen LogP contribution in [-0.2, 0) is 6.54 Å². The summed E-state index contributed by atoms with van der Waals surface area (Å²) >= 11 is 11.4. The Morgan fingerprint density at radius 3 is 2.93 bits per heavy atom. The Bertz CT molecular complexity index is 471. The smallest absolute Gasteiger partial charge is 0.0498 e. The molecule has 0 saturated heterocycles. The molecule has 1 nitrogen and oxygen atoms in total. The minimum atomic E-state index is 0.757. The highest BCUT2D eigenvalue weighted by Crippen LogP contribution is 2.20. The molecule has 2 aromatic rings. The molecule has 0 atom stereocenters. The van der Waals surface area contributed by atoms with Crippen LogP contribution >= 0.6 is 23.2 Å². The number of aromatic nitrogens is 1. The van der Waals surface area contributed by atoms with Gasteiger partial charge in [-0.2, -0.15) is 0 Å². The van der Waals surface area contributed by atoms with Gasteiger partial charge < -0.3 is 4.57 Å². The van der Waals surface area contributed by atoms with Crippen molar-refractivity contribution >= 4 is 34.1 Å². The quantitative estimate of drug-likeness (QED) is 0.727. The Morgan fingerprint density at radius 2 is 2.14 bits per heavy atom. The summed E-state index contributed by atoms with van der Waals surface area (Å²) in [5.41, 5.74) is 2.66. The van der Waals surface area contributed by atoms with Gasteiger partial charge in [-0.3, -0.25) is 0 Å². The van der Waals surface area contributed by atoms with E-state index >= 15 is 0 Å². The molecule has 0 saturated carbocycles. The lowest BCUT2D eigenvalue weighted by atomic mass is 10.2. The maximum Gasteiger partial charge on any atom is 0.0498 e. The van der Waals surface area contributed by atoms with Crippen LogP contribution in [0.1, 0.15) is 0 Å². The number of hydrogen-bond acceptors (Lipinski definition) is 0. The molecule has 1 aromatic carbocycles. The van der Waals surface area contributed by atoms with Crippen molar-refractivity contribution in [2.45, 2.75) is 6.54 Å². The van der Waals surface area contributed by atoms with Crippen LogP contribution in [0.5, 0.6) is 0 Å². The van der Waals surface area contributed by atoms with Gasteiger partial charge in [0.15, 0.2) is 0 Å². The molecule has 14 heavy (non-hydrogen) atoms. The van der Waals surface area contributed by atoms with Crippen LogP contribution in [0.2, 0.25) is 5.02 Å². The molecule has 0 N–H and O–H groups in total. The van der Waals surface area contributed by atoms with Gasteiger partial charge in [0.1, 0.15) is 0 Å². The molecule has 72 valence electrons. The van der Waals surface area contributed by atoms with Crippen LogP contribution in [0.4, 0.5) is 0 Å². The molecule has 0 radical (unpaired) electrons. The van der Waals surface area contributed by atoms with E-state index in [2.05, 4.69) is 10.6 Å². The third kappa shape index (κ3) is 1.79. The van der Waals surface area contributed by atoms with Gasteiger partial charge in [0, 0.05) is 28.8 Å². The molecule has 1 aromatic heterocycles. The van der Waals surface area contributed by atoms with Crippen LogP contribution in [0.15, 0.2) is 42.1 Å². The Hall–Kier alpha value is -0.920. The van der Waals surface area contributed by atoms with Crippen molar-refractivity contribution in [3.8, 4) is 0 Å². The van der Waals surface area contributed by atoms with Crippen molar-refractivity contribution in [2.75, 3.05) is 0 Å². The molecular formula is C11H9Cl2N. The Kier molecular flexibility index (Phi) is 2.80. The zero-order chi connectivity index (χ0) is 9.97. The molecule has 0 bridgehead atoms. The second-order valence-corrected chi connectivity index (χ2v) is 3.72. The van der Waals surface area contributed by atoms with Gasteiger partial charge in [-0.25, -0.2) is 0 Å². The lowest BCUT2D eigenvalue weighted by Crippen LogP contribution is -1.91. The summed E-state index contributed by atoms with van der Waals surface area (Å²) < 4.78 is 2.10. The van der Waals surface area contributed by atoms with E-state index in [-0.39, 0.29) is 0 Å². The standard InChI is InChI=1S/C11H9Cl2N/c12-5-1-6-14-7-4-9-2-3-10(13)8-11(9)14/h1-5,7-8H,6H2/b5-1+. The average molecular weight is 226 g/mol. The zero-order valence-electron chi connectivity index (χ0n) is 7.45. The summed E-state index contributed by atoms with van der Waals surface area (Å²) in [4.78, 5) is 0. The number of fused-ring (bicyclic) bond motifs is 1. The SMILES string of the molecule is Cl/C=C/Cn1ccc2ccc(Cl)cc21. The Labute approximate surface area is 92.5 Å². The molecule has 0 unspecified atom stereocenters. The first kappa shape index (κ1) is 9.63. The molecule has 0 spiro atoms. The summed E-state index contributed by atoms with van der Waals surface area (Å²) in [5.74, 6) is 0. The Balaban J connectivity index is 2.49. The second kappa shape index (κ2) is 4.07. The highest BCUT2D eigenvalue weighted by molar-refractivity contribution is 6.31. The minimum Gasteiger partial charge on any atom is -0.344 e. The predicted molar refractivity (Wildman–Crippen MR) is 61.9 cm³/mol. The van der Waals surface area contributed by atoms with Crippen molar-refractivity contribution in [1.82, 2.24) is 4.57 Å². The Morgan fingerprint density at radius 1 is 1.29 bits per heavy atom. The molecule has 3 heteroatoms. The largest absolute Gasteiger partial charge is 0.344 e. The second-order valence-electron chi connectivity index (χ2n) is 3.03. The van der Waals surface area contributed by atoms with Gasteiger partial charge >= 0.3 is 0 Å². The monoisotopic (exact) mass is 225 g/mol. The average Bonchev–Trinajstić information content (AvgIpc) is 2.57. The highest BCUT2D eigenvalue weighted by Gasteiger charge is 1.99. The van der Waals surface area contributed by atoms with Crippen LogP contribution in [0, 0.1) is 0 Å². The molecule has 0 aliphatic heterocycles. The minimum absolute atomic E-state index is 0.757. The number of halogens is 2. The number of nitrogens with zero attached hydrogens (tertiary/aromatic N) is 1. The number of benzene rings is 1. The normalized spacial score (nSPS) is 11.6. The molecule has 0 aliphatic rings. The molecule has 0 fully saturated rings. The predicted octanol–water partition coefficient (Wildman–Crippen LogP) is 4.05. The van der Waals surface area contributed by atoms with Crippen LogP contribution in [0.3, 0.4) is 0 Å². The highest BCUT2D eigenvalue weighted by atomic mass is 35.5. The number of rotatable bonds is 2. The van der Waals surface area contributed by atoms with E-state index in [1.807, 2.05) is 30.5 Å². The fourth-order valence-electron chi connectivity index (χ4n) is 1.47. The van der Waals surface area contributed by atoms with Crippen LogP contribution < -0.4 is 0 Å². The summed E-state index contributed by atoms with van der Waals surface area (Å²) in [7, 11) is 0. The molecule has 2 rings (SSSR count). The number of allylic oxidation sites excluding steroid dienone is 1. The van der Waals surface area contributed by atoms with Crippen molar-refractivity contribution in [1.29, 1.82) is 0 Å². The van der Waals surface area contributed by atoms with Crippen molar-refractivity contribution in [3.05, 3.63) is 47.1 Å². The molecule has 0 aliphatic carbocycles. The van der Waals surface area contributed by atoms with Gasteiger partial charge in [-0.15, -0.1) is 0 Å². The summed E-state index contributed by atoms with van der Waals surface area (Å²) in [6.45, 7) is 0.771. The van der Waals surface area contributed by atoms with Crippen LogP contribution in [-0.4, -0.2) is 4.57 Å². The number of hydrogen-bond donors (Lipinski definition) is 0. The fraction of sp³-hybridized carbons (Fsp3) is 0.0909. The van der Waals surface area contributed by atoms with Crippen LogP contribution in [0.25, 0.3) is 10.9 Å². The zero-order valence-corrected chi connectivity index (χ0v) is 8.96. The van der Waals surface area contributed by atoms with E-state index in [0.29, 0.717) is 0 Å². The summed E-state index contributed by atoms with van der Waals surface area (Å²) in [6, 6.07) is 7.93. The topological polar surface area (TPSA) is 4.93 Å². The van der Waals surface area contributed by atoms with E-state index in [9.17, 15) is 0 Å². The van der Waals surface area contributed by atoms with E-state index in [4.69, 9.17) is 23.2 Å². The summed E-state index contributed by atoms with van der Waals surface area (Å²) in [5, 5.41) is 1.95. The van der Waals surface area contributed by atoms with E-state index in [1.54, 1.807) is 0 Å². The van der Waals surface area contributed by atoms with Gasteiger partial charge in [0.25, 0.3) is 0 Å². The van der Waals surface area contributed by atoms with Crippen molar-refractivity contribution in [3.63, 3.8) is 0 Å². The van der Waals surface area contributed by atoms with E-state index in [0.717, 1.165) is 17.1 Å². The van der Waals surface area contributed by atoms with Gasteiger partial charge in [0.2, 0.25) is 0 Å². The third-order valence-electron chi connectivity index (χ3n) is 2.13. The molecular weight excluding hydrogens is 217 g/mol. The van der Waals surface area contributed by atoms with Gasteiger partial charge in [-0.1, -0.05) is 35.3 Å². The summed E-state index contributed by atoms with van der Waals surface area (Å²) in [6.07, 6.45) is 3.92. The van der Waals surface area contributed by atoms with Gasteiger partial charge in [0.05, 0.1) is 0 Å². The van der Waals surface area contributed by atoms with E-state index < -0.39 is 0 Å². The van der Waals surface area contributed by atoms with E-state index in [1.165, 1.54) is 10.9 Å². The molecule has 1 heterocycles. The first-order valence-electron chi connectivity index (χ1n) is 4.31. The maximum absolute atomic E-state index is 5.92. The lowest BCUT2D eigenvalue weighted by molar-refractivity contribution is 0.865. The first-order chi connectivity index (χ1) is 6.81. The first-order valence-corrected chi connectivity index (χ1v) is 5.12. The lowest BCUT2D eigenvalue weighted by Gasteiger charge is -2.00. The van der Waals surface area contributed by atoms with Crippen molar-refractivity contribution in [2.24, 2.45) is 0 Å². The fourth-order valence-corrected chi connectivity index (χ4v) is 1.72. The maximum atomic E-state index is 5.92. The molecule has 0 amide bonds.